The fraction of sp³-hybridized carbons (Fsp3) is 0.933. The third kappa shape index (κ3) is 3.01. The fourth-order valence-corrected chi connectivity index (χ4v) is 3.65. The zero-order valence-electron chi connectivity index (χ0n) is 12.2. The Morgan fingerprint density at radius 3 is 2.29 bits per heavy atom. The summed E-state index contributed by atoms with van der Waals surface area (Å²) >= 11 is 0. The monoisotopic (exact) mass is 236 g/mol. The van der Waals surface area contributed by atoms with Gasteiger partial charge in [0, 0.05) is 18.5 Å². The van der Waals surface area contributed by atoms with Crippen LogP contribution in [-0.4, -0.2) is 24.5 Å². The van der Waals surface area contributed by atoms with Crippen molar-refractivity contribution in [1.82, 2.24) is 4.90 Å². The van der Waals surface area contributed by atoms with Gasteiger partial charge in [0.1, 0.15) is 0 Å². The Kier molecular flexibility index (Phi) is 5.01. The van der Waals surface area contributed by atoms with E-state index in [4.69, 9.17) is 5.26 Å². The van der Waals surface area contributed by atoms with Gasteiger partial charge in [0.05, 0.1) is 6.07 Å². The molecule has 1 unspecified atom stereocenters. The lowest BCUT2D eigenvalue weighted by molar-refractivity contribution is -0.0304. The largest absolute Gasteiger partial charge is 0.303 e. The molecule has 0 aromatic rings. The van der Waals surface area contributed by atoms with E-state index >= 15 is 0 Å². The molecular formula is C15H28N2. The lowest BCUT2D eigenvalue weighted by atomic mass is 9.58. The number of likely N-dealkylation sites (tertiary alicyclic amines) is 1. The van der Waals surface area contributed by atoms with E-state index < -0.39 is 0 Å². The SMILES string of the molecule is CC.CC(C)C1CCC2(CC(C#N)C2)CN1C. The molecule has 1 heterocycles. The summed E-state index contributed by atoms with van der Waals surface area (Å²) < 4.78 is 0. The highest BCUT2D eigenvalue weighted by molar-refractivity contribution is 5.06. The first-order valence-corrected chi connectivity index (χ1v) is 7.16. The first-order chi connectivity index (χ1) is 8.06. The van der Waals surface area contributed by atoms with Crippen molar-refractivity contribution in [2.75, 3.05) is 13.6 Å². The van der Waals surface area contributed by atoms with E-state index in [0.717, 1.165) is 24.8 Å². The minimum absolute atomic E-state index is 0.356. The van der Waals surface area contributed by atoms with Gasteiger partial charge in [-0.05, 0) is 44.1 Å². The summed E-state index contributed by atoms with van der Waals surface area (Å²) in [5.41, 5.74) is 0.514. The van der Waals surface area contributed by atoms with E-state index in [9.17, 15) is 0 Å². The number of piperidine rings is 1. The summed E-state index contributed by atoms with van der Waals surface area (Å²) in [5.74, 6) is 1.12. The number of rotatable bonds is 1. The second-order valence-corrected chi connectivity index (χ2v) is 6.00. The average Bonchev–Trinajstić information content (AvgIpc) is 2.27. The van der Waals surface area contributed by atoms with Crippen molar-refractivity contribution in [2.24, 2.45) is 17.3 Å². The Balaban J connectivity index is 0.000000686. The highest BCUT2D eigenvalue weighted by Gasteiger charge is 2.48. The normalized spacial score (nSPS) is 37.0. The standard InChI is InChI=1S/C13H22N2.C2H6/c1-10(2)12-4-5-13(9-15(12)3)6-11(7-13)8-14;1-2/h10-12H,4-7,9H2,1-3H3;1-2H3. The van der Waals surface area contributed by atoms with Gasteiger partial charge in [0.2, 0.25) is 0 Å². The Labute approximate surface area is 107 Å². The van der Waals surface area contributed by atoms with Crippen molar-refractivity contribution < 1.29 is 0 Å². The highest BCUT2D eigenvalue weighted by Crippen LogP contribution is 2.52. The topological polar surface area (TPSA) is 27.0 Å². The van der Waals surface area contributed by atoms with E-state index in [0.29, 0.717) is 11.3 Å². The van der Waals surface area contributed by atoms with Gasteiger partial charge in [-0.2, -0.15) is 5.26 Å². The van der Waals surface area contributed by atoms with Crippen LogP contribution in [0.25, 0.3) is 0 Å². The summed E-state index contributed by atoms with van der Waals surface area (Å²) in [6.45, 7) is 9.85. The summed E-state index contributed by atoms with van der Waals surface area (Å²) in [6.07, 6.45) is 4.97. The van der Waals surface area contributed by atoms with Gasteiger partial charge in [0.25, 0.3) is 0 Å². The number of hydrogen-bond acceptors (Lipinski definition) is 2. The van der Waals surface area contributed by atoms with Crippen molar-refractivity contribution in [3.63, 3.8) is 0 Å². The molecule has 0 aromatic carbocycles. The van der Waals surface area contributed by atoms with Crippen LogP contribution >= 0.6 is 0 Å². The molecule has 2 rings (SSSR count). The minimum Gasteiger partial charge on any atom is -0.303 e. The van der Waals surface area contributed by atoms with Gasteiger partial charge >= 0.3 is 0 Å². The molecule has 1 saturated heterocycles. The zero-order valence-corrected chi connectivity index (χ0v) is 12.2. The molecule has 17 heavy (non-hydrogen) atoms. The zero-order chi connectivity index (χ0) is 13.1. The maximum absolute atomic E-state index is 8.84. The summed E-state index contributed by atoms with van der Waals surface area (Å²) in [4.78, 5) is 2.53. The number of nitriles is 1. The predicted molar refractivity (Wildman–Crippen MR) is 72.6 cm³/mol. The predicted octanol–water partition coefficient (Wildman–Crippen LogP) is 3.68. The first-order valence-electron chi connectivity index (χ1n) is 7.16. The summed E-state index contributed by atoms with van der Waals surface area (Å²) in [5, 5.41) is 8.84. The Bertz CT molecular complexity index is 271. The van der Waals surface area contributed by atoms with Crippen molar-refractivity contribution in [3.05, 3.63) is 0 Å². The molecule has 1 saturated carbocycles. The molecule has 2 heteroatoms. The Hall–Kier alpha value is -0.550. The smallest absolute Gasteiger partial charge is 0.0656 e. The van der Waals surface area contributed by atoms with Crippen molar-refractivity contribution in [3.8, 4) is 6.07 Å². The summed E-state index contributed by atoms with van der Waals surface area (Å²) in [6, 6.07) is 3.16. The molecule has 0 bridgehead atoms. The van der Waals surface area contributed by atoms with Crippen LogP contribution in [0.1, 0.15) is 53.4 Å². The molecule has 0 radical (unpaired) electrons. The quantitative estimate of drug-likeness (QED) is 0.694. The van der Waals surface area contributed by atoms with Crippen LogP contribution < -0.4 is 0 Å². The van der Waals surface area contributed by atoms with Crippen LogP contribution in [0.5, 0.6) is 0 Å². The number of nitrogens with zero attached hydrogens (tertiary/aromatic N) is 2. The van der Waals surface area contributed by atoms with Crippen LogP contribution in [-0.2, 0) is 0 Å². The second-order valence-electron chi connectivity index (χ2n) is 6.00. The van der Waals surface area contributed by atoms with E-state index in [1.807, 2.05) is 13.8 Å². The third-order valence-corrected chi connectivity index (χ3v) is 4.43. The van der Waals surface area contributed by atoms with Crippen LogP contribution in [0.3, 0.4) is 0 Å². The molecular weight excluding hydrogens is 208 g/mol. The van der Waals surface area contributed by atoms with Crippen molar-refractivity contribution in [2.45, 2.75) is 59.4 Å². The first kappa shape index (κ1) is 14.5. The maximum atomic E-state index is 8.84. The molecule has 1 spiro atoms. The molecule has 98 valence electrons. The van der Waals surface area contributed by atoms with E-state index in [1.165, 1.54) is 19.4 Å². The maximum Gasteiger partial charge on any atom is 0.0656 e. The Morgan fingerprint density at radius 1 is 1.29 bits per heavy atom. The highest BCUT2D eigenvalue weighted by atomic mass is 15.2. The van der Waals surface area contributed by atoms with E-state index in [-0.39, 0.29) is 0 Å². The lowest BCUT2D eigenvalue weighted by Gasteiger charge is -2.53. The average molecular weight is 236 g/mol. The molecule has 0 amide bonds. The van der Waals surface area contributed by atoms with Gasteiger partial charge < -0.3 is 4.90 Å². The van der Waals surface area contributed by atoms with Gasteiger partial charge in [-0.15, -0.1) is 0 Å². The van der Waals surface area contributed by atoms with Crippen molar-refractivity contribution >= 4 is 0 Å². The molecule has 2 nitrogen and oxygen atoms in total. The summed E-state index contributed by atoms with van der Waals surface area (Å²) in [7, 11) is 2.26. The second kappa shape index (κ2) is 5.87. The lowest BCUT2D eigenvalue weighted by Crippen LogP contribution is -2.53. The van der Waals surface area contributed by atoms with Gasteiger partial charge in [-0.25, -0.2) is 0 Å². The molecule has 1 atom stereocenters. The molecule has 0 N–H and O–H groups in total. The van der Waals surface area contributed by atoms with E-state index in [2.05, 4.69) is 31.9 Å². The van der Waals surface area contributed by atoms with Gasteiger partial charge in [0.15, 0.2) is 0 Å². The van der Waals surface area contributed by atoms with Crippen molar-refractivity contribution in [1.29, 1.82) is 5.26 Å². The minimum atomic E-state index is 0.356. The van der Waals surface area contributed by atoms with Crippen LogP contribution in [0.2, 0.25) is 0 Å². The molecule has 2 fully saturated rings. The molecule has 1 aliphatic carbocycles. The molecule has 1 aliphatic heterocycles. The Morgan fingerprint density at radius 2 is 1.88 bits per heavy atom. The van der Waals surface area contributed by atoms with Crippen LogP contribution in [0, 0.1) is 28.6 Å². The third-order valence-electron chi connectivity index (χ3n) is 4.43. The van der Waals surface area contributed by atoms with E-state index in [1.54, 1.807) is 0 Å². The fourth-order valence-electron chi connectivity index (χ4n) is 3.65. The van der Waals surface area contributed by atoms with Gasteiger partial charge in [-0.3, -0.25) is 0 Å². The van der Waals surface area contributed by atoms with Crippen LogP contribution in [0.4, 0.5) is 0 Å². The molecule has 2 aliphatic rings. The number of hydrogen-bond donors (Lipinski definition) is 0. The van der Waals surface area contributed by atoms with Crippen LogP contribution in [0.15, 0.2) is 0 Å². The van der Waals surface area contributed by atoms with Gasteiger partial charge in [-0.1, -0.05) is 27.7 Å². The molecule has 0 aromatic heterocycles.